The van der Waals surface area contributed by atoms with E-state index in [1.54, 1.807) is 4.90 Å². The summed E-state index contributed by atoms with van der Waals surface area (Å²) in [5.41, 5.74) is 3.86. The fourth-order valence-corrected chi connectivity index (χ4v) is 4.16. The third-order valence-electron chi connectivity index (χ3n) is 5.21. The molecule has 0 spiro atoms. The van der Waals surface area contributed by atoms with E-state index >= 15 is 0 Å². The molecule has 2 aromatic rings. The van der Waals surface area contributed by atoms with Gasteiger partial charge in [-0.15, -0.1) is 0 Å². The second kappa shape index (κ2) is 8.94. The lowest BCUT2D eigenvalue weighted by Crippen LogP contribution is -2.29. The lowest BCUT2D eigenvalue weighted by molar-refractivity contribution is -0.135. The topological polar surface area (TPSA) is 59.0 Å². The van der Waals surface area contributed by atoms with Gasteiger partial charge in [0.1, 0.15) is 0 Å². The summed E-state index contributed by atoms with van der Waals surface area (Å²) in [7, 11) is 1.29. The molecule has 1 aliphatic heterocycles. The highest BCUT2D eigenvalue weighted by atomic mass is 32.2. The molecule has 1 saturated heterocycles. The Morgan fingerprint density at radius 3 is 1.88 bits per heavy atom. The molecule has 5 nitrogen and oxygen atoms in total. The van der Waals surface area contributed by atoms with Crippen LogP contribution in [0.3, 0.4) is 0 Å². The van der Waals surface area contributed by atoms with E-state index in [-0.39, 0.29) is 21.6 Å². The van der Waals surface area contributed by atoms with Crippen molar-refractivity contribution < 1.29 is 14.3 Å². The molecule has 3 rings (SSSR count). The summed E-state index contributed by atoms with van der Waals surface area (Å²) in [6, 6.07) is 15.9. The van der Waals surface area contributed by atoms with Gasteiger partial charge < -0.3 is 4.74 Å². The molecule has 1 fully saturated rings. The van der Waals surface area contributed by atoms with Crippen LogP contribution < -0.4 is 4.90 Å². The van der Waals surface area contributed by atoms with Crippen LogP contribution in [0.4, 0.5) is 11.4 Å². The zero-order valence-electron chi connectivity index (χ0n) is 19.7. The van der Waals surface area contributed by atoms with Gasteiger partial charge in [0.25, 0.3) is 5.91 Å². The molecule has 168 valence electrons. The molecule has 0 aliphatic carbocycles. The fourth-order valence-electron chi connectivity index (χ4n) is 3.20. The molecule has 0 saturated carbocycles. The van der Waals surface area contributed by atoms with Crippen LogP contribution in [-0.4, -0.2) is 24.2 Å². The Morgan fingerprint density at radius 1 is 0.906 bits per heavy atom. The summed E-state index contributed by atoms with van der Waals surface area (Å²) in [4.78, 5) is 31.5. The van der Waals surface area contributed by atoms with Crippen molar-refractivity contribution in [2.75, 3.05) is 12.0 Å². The first-order valence-corrected chi connectivity index (χ1v) is 11.3. The quantitative estimate of drug-likeness (QED) is 0.418. The van der Waals surface area contributed by atoms with E-state index in [1.165, 1.54) is 36.1 Å². The summed E-state index contributed by atoms with van der Waals surface area (Å²) < 4.78 is 4.71. The van der Waals surface area contributed by atoms with Crippen molar-refractivity contribution in [3.05, 3.63) is 70.6 Å². The number of methoxy groups -OCH3 is 1. The minimum atomic E-state index is -0.570. The van der Waals surface area contributed by atoms with Crippen LogP contribution in [0.5, 0.6) is 0 Å². The molecule has 1 heterocycles. The maximum absolute atomic E-state index is 13.2. The van der Waals surface area contributed by atoms with Gasteiger partial charge in [-0.25, -0.2) is 9.79 Å². The fraction of sp³-hybridized carbons (Fsp3) is 0.346. The van der Waals surface area contributed by atoms with Crippen LogP contribution in [0.2, 0.25) is 0 Å². The van der Waals surface area contributed by atoms with E-state index in [9.17, 15) is 9.59 Å². The van der Waals surface area contributed by atoms with Crippen LogP contribution in [0.15, 0.2) is 64.5 Å². The number of carbonyl (C=O) groups excluding carboxylic acids is 2. The van der Waals surface area contributed by atoms with Crippen LogP contribution in [0.1, 0.15) is 52.7 Å². The number of carbonyl (C=O) groups is 2. The molecule has 0 radical (unpaired) electrons. The third kappa shape index (κ3) is 5.30. The minimum absolute atomic E-state index is 0.00393. The van der Waals surface area contributed by atoms with Crippen molar-refractivity contribution in [2.24, 2.45) is 4.99 Å². The van der Waals surface area contributed by atoms with Crippen molar-refractivity contribution in [1.29, 1.82) is 0 Å². The van der Waals surface area contributed by atoms with Crippen molar-refractivity contribution in [2.45, 2.75) is 52.4 Å². The number of hydrogen-bond donors (Lipinski definition) is 0. The lowest BCUT2D eigenvalue weighted by atomic mass is 9.87. The van der Waals surface area contributed by atoms with Crippen molar-refractivity contribution in [3.8, 4) is 0 Å². The van der Waals surface area contributed by atoms with E-state index in [4.69, 9.17) is 9.73 Å². The number of benzene rings is 2. The van der Waals surface area contributed by atoms with Crippen LogP contribution >= 0.6 is 11.8 Å². The molecular weight excluding hydrogens is 420 g/mol. The SMILES string of the molecule is COC(=O)/C=C1/SC(=Nc2ccc(C(C)(C)C)cc2)N(c2ccc(C(C)(C)C)cc2)C1=O. The molecule has 2 aromatic carbocycles. The maximum Gasteiger partial charge on any atom is 0.331 e. The number of esters is 1. The molecule has 6 heteroatoms. The smallest absolute Gasteiger partial charge is 0.331 e. The number of amidine groups is 1. The largest absolute Gasteiger partial charge is 0.466 e. The Balaban J connectivity index is 2.03. The lowest BCUT2D eigenvalue weighted by Gasteiger charge is -2.21. The summed E-state index contributed by atoms with van der Waals surface area (Å²) in [5, 5.41) is 0.497. The number of nitrogens with zero attached hydrogens (tertiary/aromatic N) is 2. The zero-order chi connectivity index (χ0) is 23.7. The molecule has 0 unspecified atom stereocenters. The maximum atomic E-state index is 13.2. The Kier molecular flexibility index (Phi) is 6.65. The van der Waals surface area contributed by atoms with Gasteiger partial charge in [0.2, 0.25) is 0 Å². The molecule has 0 bridgehead atoms. The minimum Gasteiger partial charge on any atom is -0.466 e. The standard InChI is InChI=1S/C26H30N2O3S/c1-25(2,3)17-8-12-19(13-9-17)27-24-28(23(30)21(32-24)16-22(29)31-7)20-14-10-18(11-15-20)26(4,5)6/h8-16H,1-7H3/b21-16+,27-24?. The van der Waals surface area contributed by atoms with E-state index in [0.717, 1.165) is 5.69 Å². The van der Waals surface area contributed by atoms with Gasteiger partial charge >= 0.3 is 5.97 Å². The number of hydrogen-bond acceptors (Lipinski definition) is 5. The van der Waals surface area contributed by atoms with Gasteiger partial charge in [-0.1, -0.05) is 65.8 Å². The Morgan fingerprint density at radius 2 is 1.41 bits per heavy atom. The molecule has 1 amide bonds. The van der Waals surface area contributed by atoms with Gasteiger partial charge in [-0.2, -0.15) is 0 Å². The first-order valence-electron chi connectivity index (χ1n) is 10.5. The average molecular weight is 451 g/mol. The first-order chi connectivity index (χ1) is 14.9. The number of ether oxygens (including phenoxy) is 1. The number of amides is 1. The van der Waals surface area contributed by atoms with Crippen molar-refractivity contribution >= 4 is 40.2 Å². The third-order valence-corrected chi connectivity index (χ3v) is 6.17. The molecule has 0 aromatic heterocycles. The molecular formula is C26H30N2O3S. The van der Waals surface area contributed by atoms with Crippen LogP contribution in [-0.2, 0) is 25.2 Å². The summed E-state index contributed by atoms with van der Waals surface area (Å²) in [5.74, 6) is -0.867. The summed E-state index contributed by atoms with van der Waals surface area (Å²) in [6.45, 7) is 12.9. The Hall–Kier alpha value is -2.86. The van der Waals surface area contributed by atoms with E-state index < -0.39 is 5.97 Å². The van der Waals surface area contributed by atoms with Gasteiger partial charge in [-0.3, -0.25) is 9.69 Å². The number of anilines is 1. The number of aliphatic imine (C=N–C) groups is 1. The molecule has 32 heavy (non-hydrogen) atoms. The molecule has 1 aliphatic rings. The monoisotopic (exact) mass is 450 g/mol. The number of rotatable bonds is 3. The van der Waals surface area contributed by atoms with E-state index in [0.29, 0.717) is 10.9 Å². The van der Waals surface area contributed by atoms with Gasteiger partial charge in [0.05, 0.1) is 23.4 Å². The highest BCUT2D eigenvalue weighted by molar-refractivity contribution is 8.19. The van der Waals surface area contributed by atoms with Gasteiger partial charge in [-0.05, 0) is 58.0 Å². The average Bonchev–Trinajstić information content (AvgIpc) is 3.01. The predicted molar refractivity (Wildman–Crippen MR) is 133 cm³/mol. The van der Waals surface area contributed by atoms with Crippen molar-refractivity contribution in [1.82, 2.24) is 0 Å². The Labute approximate surface area is 194 Å². The number of thioether (sulfide) groups is 1. The molecule has 0 atom stereocenters. The summed E-state index contributed by atoms with van der Waals surface area (Å²) >= 11 is 1.17. The molecule has 0 N–H and O–H groups in total. The first kappa shape index (κ1) is 23.8. The van der Waals surface area contributed by atoms with Crippen LogP contribution in [0.25, 0.3) is 0 Å². The second-order valence-electron chi connectivity index (χ2n) is 9.76. The zero-order valence-corrected chi connectivity index (χ0v) is 20.5. The van der Waals surface area contributed by atoms with Crippen molar-refractivity contribution in [3.63, 3.8) is 0 Å². The van der Waals surface area contributed by atoms with Gasteiger partial charge in [0, 0.05) is 6.08 Å². The van der Waals surface area contributed by atoms with Crippen LogP contribution in [0, 0.1) is 0 Å². The summed E-state index contributed by atoms with van der Waals surface area (Å²) in [6.07, 6.45) is 1.22. The van der Waals surface area contributed by atoms with E-state index in [2.05, 4.69) is 53.7 Å². The predicted octanol–water partition coefficient (Wildman–Crippen LogP) is 6.11. The second-order valence-corrected chi connectivity index (χ2v) is 10.8. The van der Waals surface area contributed by atoms with Gasteiger partial charge in [0.15, 0.2) is 5.17 Å². The highest BCUT2D eigenvalue weighted by Crippen LogP contribution is 2.37. The van der Waals surface area contributed by atoms with E-state index in [1.807, 2.05) is 36.4 Å². The Bertz CT molecular complexity index is 1070. The normalized spacial score (nSPS) is 17.3. The highest BCUT2D eigenvalue weighted by Gasteiger charge is 2.35.